The maximum absolute atomic E-state index is 12.1. The number of ether oxygens (including phenoxy) is 1. The van der Waals surface area contributed by atoms with Gasteiger partial charge in [0.05, 0.1) is 18.4 Å². The minimum atomic E-state index is -4.40. The molecular formula is C19H25F3N4O2. The zero-order chi connectivity index (χ0) is 21.4. The molecule has 2 aromatic heterocycles. The van der Waals surface area contributed by atoms with Crippen LogP contribution in [0.15, 0.2) is 36.8 Å². The Kier molecular flexibility index (Phi) is 8.36. The lowest BCUT2D eigenvalue weighted by atomic mass is 10.1. The number of nitrogens with one attached hydrogen (secondary N) is 1. The van der Waals surface area contributed by atoms with Crippen LogP contribution in [0.2, 0.25) is 0 Å². The standard InChI is InChI=1S/C15H14F3N3O2.C4H11N/c1-10-6-12(20-8-13(10)23-9-15(16,17)18)7-21-14(22)11-2-4-19-5-3-11;1-4(2,3)5/h2-6,8H,7,9H2,1H3,(H,21,22);5H2,1-3H3. The van der Waals surface area contributed by atoms with Crippen LogP contribution in [0.25, 0.3) is 0 Å². The summed E-state index contributed by atoms with van der Waals surface area (Å²) < 4.78 is 41.0. The van der Waals surface area contributed by atoms with Crippen LogP contribution in [0.3, 0.4) is 0 Å². The Morgan fingerprint density at radius 3 is 2.29 bits per heavy atom. The van der Waals surface area contributed by atoms with Gasteiger partial charge in [-0.15, -0.1) is 0 Å². The van der Waals surface area contributed by atoms with Gasteiger partial charge in [-0.25, -0.2) is 0 Å². The molecule has 0 atom stereocenters. The van der Waals surface area contributed by atoms with Crippen LogP contribution in [-0.4, -0.2) is 34.2 Å². The van der Waals surface area contributed by atoms with Gasteiger partial charge in [0, 0.05) is 23.5 Å². The molecule has 154 valence electrons. The van der Waals surface area contributed by atoms with E-state index in [0.29, 0.717) is 16.8 Å². The summed E-state index contributed by atoms with van der Waals surface area (Å²) in [6.07, 6.45) is -0.174. The smallest absolute Gasteiger partial charge is 0.422 e. The summed E-state index contributed by atoms with van der Waals surface area (Å²) in [5.74, 6) is -0.226. The van der Waals surface area contributed by atoms with E-state index in [9.17, 15) is 18.0 Å². The number of carbonyl (C=O) groups is 1. The third-order valence-corrected chi connectivity index (χ3v) is 2.88. The molecule has 0 unspecified atom stereocenters. The number of aryl methyl sites for hydroxylation is 1. The molecule has 3 N–H and O–H groups in total. The molecule has 2 rings (SSSR count). The first-order chi connectivity index (χ1) is 12.8. The highest BCUT2D eigenvalue weighted by atomic mass is 19.4. The lowest BCUT2D eigenvalue weighted by Gasteiger charge is -2.12. The van der Waals surface area contributed by atoms with Gasteiger partial charge in [0.1, 0.15) is 5.75 Å². The lowest BCUT2D eigenvalue weighted by molar-refractivity contribution is -0.153. The summed E-state index contributed by atoms with van der Waals surface area (Å²) in [7, 11) is 0. The molecular weight excluding hydrogens is 373 g/mol. The molecule has 28 heavy (non-hydrogen) atoms. The number of nitrogens with zero attached hydrogens (tertiary/aromatic N) is 2. The average molecular weight is 398 g/mol. The number of carbonyl (C=O) groups excluding carboxylic acids is 1. The fraction of sp³-hybridized carbons (Fsp3) is 0.421. The van der Waals surface area contributed by atoms with Crippen molar-refractivity contribution in [1.29, 1.82) is 0 Å². The summed E-state index contributed by atoms with van der Waals surface area (Å²) in [6.45, 7) is 6.30. The average Bonchev–Trinajstić information content (AvgIpc) is 2.57. The summed E-state index contributed by atoms with van der Waals surface area (Å²) in [4.78, 5) is 19.7. The van der Waals surface area contributed by atoms with E-state index in [2.05, 4.69) is 20.0 Å². The van der Waals surface area contributed by atoms with Gasteiger partial charge < -0.3 is 15.8 Å². The van der Waals surface area contributed by atoms with E-state index < -0.39 is 12.8 Å². The van der Waals surface area contributed by atoms with E-state index in [-0.39, 0.29) is 23.7 Å². The second kappa shape index (κ2) is 10.0. The molecule has 0 fully saturated rings. The highest BCUT2D eigenvalue weighted by Gasteiger charge is 2.28. The van der Waals surface area contributed by atoms with Crippen LogP contribution in [0, 0.1) is 6.92 Å². The minimum absolute atomic E-state index is 0. The van der Waals surface area contributed by atoms with Crippen LogP contribution >= 0.6 is 0 Å². The Morgan fingerprint density at radius 1 is 1.21 bits per heavy atom. The van der Waals surface area contributed by atoms with Gasteiger partial charge in [-0.3, -0.25) is 14.8 Å². The van der Waals surface area contributed by atoms with E-state index in [1.54, 1.807) is 25.1 Å². The molecule has 0 spiro atoms. The fourth-order valence-corrected chi connectivity index (χ4v) is 1.79. The summed E-state index contributed by atoms with van der Waals surface area (Å²) in [6, 6.07) is 4.71. The molecule has 0 aromatic carbocycles. The first-order valence-corrected chi connectivity index (χ1v) is 8.47. The van der Waals surface area contributed by atoms with Crippen molar-refractivity contribution < 1.29 is 22.7 Å². The molecule has 0 saturated carbocycles. The van der Waals surface area contributed by atoms with E-state index in [4.69, 9.17) is 5.73 Å². The van der Waals surface area contributed by atoms with Gasteiger partial charge in [0.25, 0.3) is 5.91 Å². The number of amides is 1. The zero-order valence-corrected chi connectivity index (χ0v) is 16.3. The first-order valence-electron chi connectivity index (χ1n) is 8.47. The maximum atomic E-state index is 12.1. The van der Waals surface area contributed by atoms with Gasteiger partial charge in [-0.05, 0) is 51.5 Å². The number of rotatable bonds is 5. The zero-order valence-electron chi connectivity index (χ0n) is 16.3. The van der Waals surface area contributed by atoms with Crippen molar-refractivity contribution in [2.45, 2.75) is 46.0 Å². The van der Waals surface area contributed by atoms with Crippen molar-refractivity contribution in [1.82, 2.24) is 15.3 Å². The monoisotopic (exact) mass is 398 g/mol. The largest absolute Gasteiger partial charge is 0.482 e. The maximum Gasteiger partial charge on any atom is 0.422 e. The Morgan fingerprint density at radius 2 is 1.79 bits per heavy atom. The van der Waals surface area contributed by atoms with Gasteiger partial charge in [-0.1, -0.05) is 0 Å². The van der Waals surface area contributed by atoms with Gasteiger partial charge in [0.15, 0.2) is 6.61 Å². The summed E-state index contributed by atoms with van der Waals surface area (Å²) in [5.41, 5.74) is 6.84. The Hall–Kier alpha value is -2.68. The number of hydrogen-bond donors (Lipinski definition) is 2. The van der Waals surface area contributed by atoms with Crippen LogP contribution < -0.4 is 15.8 Å². The third kappa shape index (κ3) is 10.5. The van der Waals surface area contributed by atoms with Crippen molar-refractivity contribution in [2.24, 2.45) is 5.73 Å². The van der Waals surface area contributed by atoms with Gasteiger partial charge >= 0.3 is 6.18 Å². The van der Waals surface area contributed by atoms with Crippen molar-refractivity contribution in [3.8, 4) is 5.75 Å². The molecule has 0 aliphatic carbocycles. The second-order valence-corrected chi connectivity index (χ2v) is 7.13. The number of pyridine rings is 2. The van der Waals surface area contributed by atoms with Crippen molar-refractivity contribution in [3.05, 3.63) is 53.6 Å². The molecule has 0 bridgehead atoms. The molecule has 0 aliphatic heterocycles. The van der Waals surface area contributed by atoms with Crippen LogP contribution in [-0.2, 0) is 6.54 Å². The number of nitrogens with two attached hydrogens (primary N) is 1. The predicted octanol–water partition coefficient (Wildman–Crippen LogP) is 3.40. The Balaban J connectivity index is 0.000000696. The Labute approximate surface area is 162 Å². The Bertz CT molecular complexity index is 754. The lowest BCUT2D eigenvalue weighted by Crippen LogP contribution is -2.26. The highest BCUT2D eigenvalue weighted by molar-refractivity contribution is 5.93. The topological polar surface area (TPSA) is 90.1 Å². The molecule has 9 heteroatoms. The van der Waals surface area contributed by atoms with Crippen LogP contribution in [0.1, 0.15) is 42.4 Å². The summed E-state index contributed by atoms with van der Waals surface area (Å²) >= 11 is 0. The molecule has 2 heterocycles. The van der Waals surface area contributed by atoms with E-state index >= 15 is 0 Å². The quantitative estimate of drug-likeness (QED) is 0.806. The van der Waals surface area contributed by atoms with Crippen molar-refractivity contribution >= 4 is 5.91 Å². The van der Waals surface area contributed by atoms with E-state index in [0.717, 1.165) is 0 Å². The number of halogens is 3. The van der Waals surface area contributed by atoms with Crippen LogP contribution in [0.4, 0.5) is 13.2 Å². The third-order valence-electron chi connectivity index (χ3n) is 2.88. The highest BCUT2D eigenvalue weighted by Crippen LogP contribution is 2.21. The number of aromatic nitrogens is 2. The normalized spacial score (nSPS) is 11.3. The fourth-order valence-electron chi connectivity index (χ4n) is 1.79. The number of alkyl halides is 3. The van der Waals surface area contributed by atoms with Crippen molar-refractivity contribution in [2.75, 3.05) is 6.61 Å². The van der Waals surface area contributed by atoms with Gasteiger partial charge in [-0.2, -0.15) is 13.2 Å². The second-order valence-electron chi connectivity index (χ2n) is 7.13. The molecule has 1 amide bonds. The first kappa shape index (κ1) is 23.4. The summed E-state index contributed by atoms with van der Waals surface area (Å²) in [5, 5.41) is 2.67. The SMILES string of the molecule is CC(C)(C)N.Cc1cc(CNC(=O)c2ccncc2)ncc1OCC(F)(F)F. The van der Waals surface area contributed by atoms with Crippen LogP contribution in [0.5, 0.6) is 5.75 Å². The molecule has 0 saturated heterocycles. The van der Waals surface area contributed by atoms with Crippen molar-refractivity contribution in [3.63, 3.8) is 0 Å². The van der Waals surface area contributed by atoms with E-state index in [1.807, 2.05) is 20.8 Å². The molecule has 0 aliphatic rings. The molecule has 6 nitrogen and oxygen atoms in total. The molecule has 2 aromatic rings. The van der Waals surface area contributed by atoms with E-state index in [1.165, 1.54) is 18.6 Å². The van der Waals surface area contributed by atoms with Gasteiger partial charge in [0.2, 0.25) is 0 Å². The molecule has 0 radical (unpaired) electrons. The number of hydrogen-bond acceptors (Lipinski definition) is 5. The minimum Gasteiger partial charge on any atom is -0.482 e. The predicted molar refractivity (Wildman–Crippen MR) is 99.9 cm³/mol.